The molecular weight excluding hydrogens is 173 g/mol. The monoisotopic (exact) mass is 193 g/mol. The highest BCUT2D eigenvalue weighted by Gasteiger charge is 2.20. The van der Waals surface area contributed by atoms with Gasteiger partial charge < -0.3 is 0 Å². The topological polar surface area (TPSA) is 53.2 Å². The average molecular weight is 193 g/mol. The maximum Gasteiger partial charge on any atom is 0.279 e. The highest BCUT2D eigenvalue weighted by atomic mass is 31.2. The van der Waals surface area contributed by atoms with Gasteiger partial charge in [0.2, 0.25) is 0 Å². The second-order valence-corrected chi connectivity index (χ2v) is 5.58. The summed E-state index contributed by atoms with van der Waals surface area (Å²) in [4.78, 5) is 0. The fourth-order valence-electron chi connectivity index (χ4n) is 0.894. The predicted molar refractivity (Wildman–Crippen MR) is 53.2 cm³/mol. The molecule has 0 radical (unpaired) electrons. The smallest absolute Gasteiger partial charge is 0.271 e. The minimum absolute atomic E-state index is 0.203. The van der Waals surface area contributed by atoms with Crippen molar-refractivity contribution in [2.45, 2.75) is 39.8 Å². The van der Waals surface area contributed by atoms with E-state index in [9.17, 15) is 4.57 Å². The van der Waals surface area contributed by atoms with Crippen LogP contribution in [0, 0.1) is 0 Å². The van der Waals surface area contributed by atoms with Crippen LogP contribution in [0.2, 0.25) is 0 Å². The first-order chi connectivity index (χ1) is 5.39. The third-order valence-electron chi connectivity index (χ3n) is 1.19. The van der Waals surface area contributed by atoms with Gasteiger partial charge in [0.1, 0.15) is 0 Å². The molecule has 4 nitrogen and oxygen atoms in total. The maximum absolute atomic E-state index is 11.9. The first-order valence-corrected chi connectivity index (χ1v) is 5.95. The van der Waals surface area contributed by atoms with Crippen molar-refractivity contribution < 1.29 is 4.57 Å². The van der Waals surface area contributed by atoms with Crippen molar-refractivity contribution in [3.63, 3.8) is 0 Å². The molecule has 0 aromatic rings. The molecule has 3 N–H and O–H groups in total. The largest absolute Gasteiger partial charge is 0.279 e. The van der Waals surface area contributed by atoms with Gasteiger partial charge in [0, 0.05) is 12.1 Å². The van der Waals surface area contributed by atoms with E-state index in [0.717, 1.165) is 0 Å². The van der Waals surface area contributed by atoms with Gasteiger partial charge >= 0.3 is 0 Å². The Balaban J connectivity index is 4.15. The molecule has 0 aliphatic heterocycles. The van der Waals surface area contributed by atoms with Gasteiger partial charge in [-0.3, -0.25) is 4.57 Å². The molecule has 0 aromatic heterocycles. The molecule has 0 atom stereocenters. The summed E-state index contributed by atoms with van der Waals surface area (Å²) >= 11 is 0. The molecule has 0 spiro atoms. The van der Waals surface area contributed by atoms with Gasteiger partial charge in [0.05, 0.1) is 0 Å². The molecule has 74 valence electrons. The molecule has 0 heterocycles. The molecule has 0 aliphatic carbocycles. The van der Waals surface area contributed by atoms with Gasteiger partial charge in [0.25, 0.3) is 7.59 Å². The Morgan fingerprint density at radius 2 is 1.33 bits per heavy atom. The van der Waals surface area contributed by atoms with Gasteiger partial charge in [-0.15, -0.1) is 0 Å². The quantitative estimate of drug-likeness (QED) is 0.576. The van der Waals surface area contributed by atoms with Crippen LogP contribution in [0.4, 0.5) is 0 Å². The van der Waals surface area contributed by atoms with Crippen molar-refractivity contribution >= 4 is 7.59 Å². The van der Waals surface area contributed by atoms with Crippen LogP contribution >= 0.6 is 7.59 Å². The van der Waals surface area contributed by atoms with Gasteiger partial charge in [-0.25, -0.2) is 15.3 Å². The van der Waals surface area contributed by atoms with E-state index in [0.29, 0.717) is 0 Å². The van der Waals surface area contributed by atoms with E-state index < -0.39 is 7.59 Å². The summed E-state index contributed by atoms with van der Waals surface area (Å²) in [5, 5.41) is 8.72. The Hall–Kier alpha value is 0.110. The van der Waals surface area contributed by atoms with Gasteiger partial charge in [-0.05, 0) is 34.7 Å². The number of hydrogen-bond donors (Lipinski definition) is 3. The van der Waals surface area contributed by atoms with Crippen LogP contribution in [0.5, 0.6) is 0 Å². The summed E-state index contributed by atoms with van der Waals surface area (Å²) in [5.74, 6) is 0. The van der Waals surface area contributed by atoms with Crippen LogP contribution in [0.3, 0.4) is 0 Å². The van der Waals surface area contributed by atoms with Crippen LogP contribution in [0.15, 0.2) is 0 Å². The lowest BCUT2D eigenvalue weighted by Gasteiger charge is -2.23. The lowest BCUT2D eigenvalue weighted by atomic mass is 10.4. The van der Waals surface area contributed by atoms with E-state index in [-0.39, 0.29) is 12.1 Å². The standard InChI is InChI=1S/C7H20N3OP/c1-6(2)9-12(11,8-5)10-7(3)4/h6-7H,1-5H3,(H3,8,9,10,11). The summed E-state index contributed by atoms with van der Waals surface area (Å²) < 4.78 is 11.9. The number of hydrogen-bond acceptors (Lipinski definition) is 1. The molecule has 0 aliphatic rings. The fourth-order valence-corrected chi connectivity index (χ4v) is 2.68. The lowest BCUT2D eigenvalue weighted by molar-refractivity contribution is 0.526. The van der Waals surface area contributed by atoms with Crippen molar-refractivity contribution in [3.05, 3.63) is 0 Å². The van der Waals surface area contributed by atoms with Gasteiger partial charge in [0.15, 0.2) is 0 Å². The summed E-state index contributed by atoms with van der Waals surface area (Å²) in [5.41, 5.74) is 0. The van der Waals surface area contributed by atoms with Crippen LogP contribution < -0.4 is 15.3 Å². The highest BCUT2D eigenvalue weighted by Crippen LogP contribution is 2.30. The third-order valence-corrected chi connectivity index (χ3v) is 3.58. The molecule has 0 amide bonds. The van der Waals surface area contributed by atoms with Crippen molar-refractivity contribution in [3.8, 4) is 0 Å². The van der Waals surface area contributed by atoms with Crippen molar-refractivity contribution in [1.29, 1.82) is 0 Å². The van der Waals surface area contributed by atoms with Crippen molar-refractivity contribution in [2.75, 3.05) is 7.05 Å². The number of nitrogens with one attached hydrogen (secondary N) is 3. The molecule has 0 bridgehead atoms. The zero-order chi connectivity index (χ0) is 9.78. The molecule has 12 heavy (non-hydrogen) atoms. The summed E-state index contributed by atoms with van der Waals surface area (Å²) in [6.45, 7) is 7.86. The molecule has 0 unspecified atom stereocenters. The molecular formula is C7H20N3OP. The molecule has 0 saturated heterocycles. The minimum atomic E-state index is -2.56. The predicted octanol–water partition coefficient (Wildman–Crippen LogP) is 1.31. The van der Waals surface area contributed by atoms with Crippen LogP contribution in [0.1, 0.15) is 27.7 Å². The van der Waals surface area contributed by atoms with E-state index in [1.807, 2.05) is 27.7 Å². The van der Waals surface area contributed by atoms with Crippen LogP contribution in [-0.4, -0.2) is 19.1 Å². The molecule has 0 saturated carbocycles. The van der Waals surface area contributed by atoms with E-state index in [4.69, 9.17) is 0 Å². The maximum atomic E-state index is 11.9. The average Bonchev–Trinajstić information content (AvgIpc) is 1.83. The first-order valence-electron chi connectivity index (χ1n) is 4.24. The Morgan fingerprint density at radius 3 is 1.50 bits per heavy atom. The first kappa shape index (κ1) is 12.1. The Kier molecular flexibility index (Phi) is 5.02. The van der Waals surface area contributed by atoms with E-state index in [1.54, 1.807) is 7.05 Å². The van der Waals surface area contributed by atoms with E-state index in [2.05, 4.69) is 15.3 Å². The Labute approximate surface area is 75.0 Å². The van der Waals surface area contributed by atoms with Crippen LogP contribution in [0.25, 0.3) is 0 Å². The van der Waals surface area contributed by atoms with Gasteiger partial charge in [-0.1, -0.05) is 0 Å². The van der Waals surface area contributed by atoms with Crippen LogP contribution in [-0.2, 0) is 4.57 Å². The van der Waals surface area contributed by atoms with Gasteiger partial charge in [-0.2, -0.15) is 0 Å². The summed E-state index contributed by atoms with van der Waals surface area (Å²) in [6.07, 6.45) is 0. The fraction of sp³-hybridized carbons (Fsp3) is 1.00. The summed E-state index contributed by atoms with van der Waals surface area (Å²) in [7, 11) is -0.876. The van der Waals surface area contributed by atoms with Crippen molar-refractivity contribution in [2.24, 2.45) is 0 Å². The molecule has 0 fully saturated rings. The Bertz CT molecular complexity index is 156. The number of rotatable bonds is 5. The molecule has 0 aromatic carbocycles. The molecule has 5 heteroatoms. The summed E-state index contributed by atoms with van der Waals surface area (Å²) in [6, 6.07) is 0.407. The Morgan fingerprint density at radius 1 is 1.00 bits per heavy atom. The van der Waals surface area contributed by atoms with E-state index >= 15 is 0 Å². The zero-order valence-corrected chi connectivity index (χ0v) is 9.40. The lowest BCUT2D eigenvalue weighted by Crippen LogP contribution is -2.36. The molecule has 0 rings (SSSR count). The zero-order valence-electron chi connectivity index (χ0n) is 8.51. The SMILES string of the molecule is CNP(=O)(NC(C)C)NC(C)C. The van der Waals surface area contributed by atoms with Crippen molar-refractivity contribution in [1.82, 2.24) is 15.3 Å². The second kappa shape index (κ2) is 4.97. The second-order valence-electron chi connectivity index (χ2n) is 3.40. The van der Waals surface area contributed by atoms with E-state index in [1.165, 1.54) is 0 Å². The minimum Gasteiger partial charge on any atom is -0.271 e. The normalized spacial score (nSPS) is 12.9. The highest BCUT2D eigenvalue weighted by molar-refractivity contribution is 7.57. The third kappa shape index (κ3) is 4.88.